The number of hydrogen-bond acceptors (Lipinski definition) is 3. The molecule has 1 fully saturated rings. The summed E-state index contributed by atoms with van der Waals surface area (Å²) in [5.41, 5.74) is -0.792. The summed E-state index contributed by atoms with van der Waals surface area (Å²) in [7, 11) is 1.50. The van der Waals surface area contributed by atoms with Gasteiger partial charge in [0.15, 0.2) is 0 Å². The lowest BCUT2D eigenvalue weighted by atomic mass is 10.1. The summed E-state index contributed by atoms with van der Waals surface area (Å²) in [6, 6.07) is 4.15. The third kappa shape index (κ3) is 1.87. The minimum Gasteiger partial charge on any atom is -0.315 e. The van der Waals surface area contributed by atoms with E-state index in [-0.39, 0.29) is 16.9 Å². The number of para-hydroxylation sites is 1. The second-order valence-corrected chi connectivity index (χ2v) is 5.15. The molecule has 0 radical (unpaired) electrons. The van der Waals surface area contributed by atoms with Crippen molar-refractivity contribution in [3.8, 4) is 0 Å². The fourth-order valence-electron chi connectivity index (χ4n) is 2.88. The smallest absolute Gasteiger partial charge is 0.315 e. The number of hydrogen-bond donors (Lipinski definition) is 1. The number of nitrogens with one attached hydrogen (secondary N) is 1. The molecule has 1 atom stereocenters. The Morgan fingerprint density at radius 1 is 1.35 bits per heavy atom. The van der Waals surface area contributed by atoms with Crippen molar-refractivity contribution in [1.29, 1.82) is 0 Å². The molecule has 0 bridgehead atoms. The zero-order valence-corrected chi connectivity index (χ0v) is 11.2. The van der Waals surface area contributed by atoms with Crippen molar-refractivity contribution in [1.82, 2.24) is 14.5 Å². The van der Waals surface area contributed by atoms with Crippen LogP contribution in [-0.2, 0) is 7.05 Å². The highest BCUT2D eigenvalue weighted by Gasteiger charge is 2.22. The van der Waals surface area contributed by atoms with Crippen LogP contribution in [0.4, 0.5) is 4.39 Å². The lowest BCUT2D eigenvalue weighted by molar-refractivity contribution is 0.351. The number of fused-ring (bicyclic) bond motifs is 1. The highest BCUT2D eigenvalue weighted by Crippen LogP contribution is 2.16. The normalized spacial score (nSPS) is 19.4. The Kier molecular flexibility index (Phi) is 3.17. The minimum absolute atomic E-state index is 0.0718. The first-order valence-electron chi connectivity index (χ1n) is 6.71. The predicted molar refractivity (Wildman–Crippen MR) is 74.5 cm³/mol. The standard InChI is InChI=1S/C14H16FN3O2/c1-17-12-10(5-2-6-11(12)15)13(19)18(14(17)20)9-4-3-7-16-8-9/h2,5-6,9,16H,3-4,7-8H2,1H3. The zero-order valence-electron chi connectivity index (χ0n) is 11.2. The average Bonchev–Trinajstić information content (AvgIpc) is 2.46. The molecule has 0 saturated carbocycles. The zero-order chi connectivity index (χ0) is 14.3. The minimum atomic E-state index is -0.548. The van der Waals surface area contributed by atoms with Gasteiger partial charge in [-0.1, -0.05) is 6.07 Å². The fraction of sp³-hybridized carbons (Fsp3) is 0.429. The molecule has 1 unspecified atom stereocenters. The molecule has 1 aliphatic heterocycles. The first-order valence-corrected chi connectivity index (χ1v) is 6.71. The number of aryl methyl sites for hydroxylation is 1. The molecule has 1 aromatic heterocycles. The Morgan fingerprint density at radius 3 is 2.85 bits per heavy atom. The highest BCUT2D eigenvalue weighted by molar-refractivity contribution is 5.78. The van der Waals surface area contributed by atoms with E-state index in [4.69, 9.17) is 0 Å². The molecule has 5 nitrogen and oxygen atoms in total. The quantitative estimate of drug-likeness (QED) is 0.837. The summed E-state index contributed by atoms with van der Waals surface area (Å²) in [5.74, 6) is -0.548. The van der Waals surface area contributed by atoms with Crippen LogP contribution in [0, 0.1) is 5.82 Å². The second kappa shape index (κ2) is 4.86. The van der Waals surface area contributed by atoms with Gasteiger partial charge in [0, 0.05) is 13.6 Å². The van der Waals surface area contributed by atoms with Crippen molar-refractivity contribution < 1.29 is 4.39 Å². The van der Waals surface area contributed by atoms with E-state index in [2.05, 4.69) is 5.32 Å². The lowest BCUT2D eigenvalue weighted by Gasteiger charge is -2.25. The van der Waals surface area contributed by atoms with Crippen molar-refractivity contribution in [3.05, 3.63) is 44.9 Å². The molecule has 1 aromatic carbocycles. The van der Waals surface area contributed by atoms with Crippen LogP contribution in [0.2, 0.25) is 0 Å². The predicted octanol–water partition coefficient (Wildman–Crippen LogP) is 0.764. The molecule has 0 amide bonds. The summed E-state index contributed by atoms with van der Waals surface area (Å²) >= 11 is 0. The highest BCUT2D eigenvalue weighted by atomic mass is 19.1. The summed E-state index contributed by atoms with van der Waals surface area (Å²) in [5, 5.41) is 3.43. The number of rotatable bonds is 1. The molecule has 1 aliphatic rings. The van der Waals surface area contributed by atoms with E-state index >= 15 is 0 Å². The number of piperidine rings is 1. The maximum Gasteiger partial charge on any atom is 0.331 e. The van der Waals surface area contributed by atoms with Gasteiger partial charge in [-0.2, -0.15) is 0 Å². The van der Waals surface area contributed by atoms with Crippen molar-refractivity contribution in [3.63, 3.8) is 0 Å². The van der Waals surface area contributed by atoms with Crippen molar-refractivity contribution >= 4 is 10.9 Å². The van der Waals surface area contributed by atoms with E-state index in [1.54, 1.807) is 6.07 Å². The van der Waals surface area contributed by atoms with Gasteiger partial charge < -0.3 is 5.32 Å². The van der Waals surface area contributed by atoms with Gasteiger partial charge in [0.1, 0.15) is 5.82 Å². The summed E-state index contributed by atoms with van der Waals surface area (Å²) in [6.07, 6.45) is 1.70. The van der Waals surface area contributed by atoms with Gasteiger partial charge >= 0.3 is 5.69 Å². The third-order valence-corrected chi connectivity index (χ3v) is 3.90. The molecule has 20 heavy (non-hydrogen) atoms. The van der Waals surface area contributed by atoms with E-state index in [1.165, 1.54) is 28.3 Å². The SMILES string of the molecule is Cn1c(=O)n(C2CCCNC2)c(=O)c2cccc(F)c21. The largest absolute Gasteiger partial charge is 0.331 e. The number of aromatic nitrogens is 2. The van der Waals surface area contributed by atoms with E-state index < -0.39 is 17.1 Å². The Morgan fingerprint density at radius 2 is 2.15 bits per heavy atom. The molecule has 3 rings (SSSR count). The van der Waals surface area contributed by atoms with Crippen LogP contribution >= 0.6 is 0 Å². The Bertz CT molecular complexity index is 772. The molecular formula is C14H16FN3O2. The van der Waals surface area contributed by atoms with Crippen LogP contribution in [0.3, 0.4) is 0 Å². The van der Waals surface area contributed by atoms with Crippen molar-refractivity contribution in [2.24, 2.45) is 7.05 Å². The number of benzene rings is 1. The fourth-order valence-corrected chi connectivity index (χ4v) is 2.88. The summed E-state index contributed by atoms with van der Waals surface area (Å²) in [6.45, 7) is 1.49. The molecule has 1 N–H and O–H groups in total. The number of halogens is 1. The topological polar surface area (TPSA) is 56.0 Å². The van der Waals surface area contributed by atoms with Crippen LogP contribution in [0.25, 0.3) is 10.9 Å². The second-order valence-electron chi connectivity index (χ2n) is 5.15. The Hall–Kier alpha value is -1.95. The first kappa shape index (κ1) is 13.1. The van der Waals surface area contributed by atoms with Crippen molar-refractivity contribution in [2.45, 2.75) is 18.9 Å². The van der Waals surface area contributed by atoms with Crippen LogP contribution in [0.5, 0.6) is 0 Å². The van der Waals surface area contributed by atoms with Crippen LogP contribution in [0.15, 0.2) is 27.8 Å². The molecule has 2 heterocycles. The molecule has 6 heteroatoms. The van der Waals surface area contributed by atoms with E-state index in [0.717, 1.165) is 19.4 Å². The van der Waals surface area contributed by atoms with E-state index in [0.29, 0.717) is 6.54 Å². The van der Waals surface area contributed by atoms with Gasteiger partial charge in [-0.25, -0.2) is 9.18 Å². The van der Waals surface area contributed by atoms with Gasteiger partial charge in [-0.3, -0.25) is 13.9 Å². The third-order valence-electron chi connectivity index (χ3n) is 3.90. The van der Waals surface area contributed by atoms with Gasteiger partial charge in [0.05, 0.1) is 16.9 Å². The first-order chi connectivity index (χ1) is 9.61. The van der Waals surface area contributed by atoms with E-state index in [9.17, 15) is 14.0 Å². The molecule has 0 aliphatic carbocycles. The number of nitrogens with zero attached hydrogens (tertiary/aromatic N) is 2. The van der Waals surface area contributed by atoms with Gasteiger partial charge in [0.25, 0.3) is 5.56 Å². The molecule has 1 saturated heterocycles. The van der Waals surface area contributed by atoms with Crippen molar-refractivity contribution in [2.75, 3.05) is 13.1 Å². The monoisotopic (exact) mass is 277 g/mol. The van der Waals surface area contributed by atoms with Crippen LogP contribution in [0.1, 0.15) is 18.9 Å². The molecule has 0 spiro atoms. The maximum absolute atomic E-state index is 13.9. The Balaban J connectivity index is 2.34. The van der Waals surface area contributed by atoms with Gasteiger partial charge in [-0.15, -0.1) is 0 Å². The maximum atomic E-state index is 13.9. The average molecular weight is 277 g/mol. The van der Waals surface area contributed by atoms with E-state index in [1.807, 2.05) is 0 Å². The van der Waals surface area contributed by atoms with Crippen LogP contribution in [-0.4, -0.2) is 22.2 Å². The molecule has 2 aromatic rings. The van der Waals surface area contributed by atoms with Gasteiger partial charge in [-0.05, 0) is 31.5 Å². The summed E-state index contributed by atoms with van der Waals surface area (Å²) < 4.78 is 16.3. The summed E-state index contributed by atoms with van der Waals surface area (Å²) in [4.78, 5) is 24.9. The molecule has 106 valence electrons. The Labute approximate surface area is 114 Å². The molecular weight excluding hydrogens is 261 g/mol. The lowest BCUT2D eigenvalue weighted by Crippen LogP contribution is -2.46. The van der Waals surface area contributed by atoms with Crippen LogP contribution < -0.4 is 16.6 Å². The van der Waals surface area contributed by atoms with Gasteiger partial charge in [0.2, 0.25) is 0 Å².